The fraction of sp³-hybridized carbons (Fsp3) is 0.296. The van der Waals surface area contributed by atoms with Gasteiger partial charge in [0.15, 0.2) is 0 Å². The van der Waals surface area contributed by atoms with Crippen LogP contribution in [0.5, 0.6) is 0 Å². The molecule has 0 saturated heterocycles. The number of hydrogen-bond acceptors (Lipinski definition) is 5. The maximum absolute atomic E-state index is 13.4. The van der Waals surface area contributed by atoms with E-state index in [1.807, 2.05) is 43.3 Å². The number of carbonyl (C=O) groups excluding carboxylic acids is 1. The van der Waals surface area contributed by atoms with Crippen LogP contribution in [-0.2, 0) is 17.6 Å². The summed E-state index contributed by atoms with van der Waals surface area (Å²) in [6.45, 7) is 2.01. The Bertz CT molecular complexity index is 1470. The number of nitrogens with one attached hydrogen (secondary N) is 1. The van der Waals surface area contributed by atoms with Crippen LogP contribution in [0.15, 0.2) is 65.7 Å². The highest BCUT2D eigenvalue weighted by Crippen LogP contribution is 2.33. The minimum Gasteiger partial charge on any atom is -0.347 e. The standard InChI is InChI=1S/C27H26N6O2/c1-17-9-11-24(32-16-28-30-31-32)22(13-17)19-14-20-10-12-25(33(20)26(34)15-19)27(35)29-23-8-4-6-18-5-2-3-7-21(18)23/h2-3,5,7,9,11,13-16,23,25H,4,6,8,10,12H2,1H3,(H,29,35)/t23?,25-/m0/s1. The van der Waals surface area contributed by atoms with Crippen LogP contribution in [0.2, 0.25) is 0 Å². The predicted octanol–water partition coefficient (Wildman–Crippen LogP) is 3.48. The molecule has 1 unspecified atom stereocenters. The first kappa shape index (κ1) is 21.5. The molecule has 1 amide bonds. The Morgan fingerprint density at radius 3 is 2.80 bits per heavy atom. The van der Waals surface area contributed by atoms with Crippen molar-refractivity contribution in [1.29, 1.82) is 0 Å². The first-order valence-corrected chi connectivity index (χ1v) is 12.1. The SMILES string of the molecule is Cc1ccc(-n2cnnn2)c(-c2cc3n(c(=O)c2)[C@H](C(=O)NC2CCCc4ccccc42)CC3)c1. The second kappa shape index (κ2) is 8.61. The van der Waals surface area contributed by atoms with Crippen LogP contribution in [0.25, 0.3) is 16.8 Å². The molecular formula is C27H26N6O2. The number of nitrogens with zero attached hydrogens (tertiary/aromatic N) is 5. The van der Waals surface area contributed by atoms with Crippen molar-refractivity contribution in [2.45, 2.75) is 51.1 Å². The molecule has 2 aromatic heterocycles. The summed E-state index contributed by atoms with van der Waals surface area (Å²) in [7, 11) is 0. The summed E-state index contributed by atoms with van der Waals surface area (Å²) in [4.78, 5) is 26.7. The van der Waals surface area contributed by atoms with Gasteiger partial charge in [-0.2, -0.15) is 4.68 Å². The second-order valence-corrected chi connectivity index (χ2v) is 9.43. The van der Waals surface area contributed by atoms with E-state index >= 15 is 0 Å². The van der Waals surface area contributed by atoms with Gasteiger partial charge in [-0.1, -0.05) is 35.9 Å². The second-order valence-electron chi connectivity index (χ2n) is 9.43. The van der Waals surface area contributed by atoms with E-state index in [2.05, 4.69) is 33.0 Å². The molecule has 0 fully saturated rings. The third kappa shape index (κ3) is 3.84. The average molecular weight is 467 g/mol. The van der Waals surface area contributed by atoms with Crippen LogP contribution in [0.1, 0.15) is 53.7 Å². The number of amides is 1. The van der Waals surface area contributed by atoms with Gasteiger partial charge in [0.05, 0.1) is 11.7 Å². The van der Waals surface area contributed by atoms with E-state index in [0.717, 1.165) is 47.3 Å². The van der Waals surface area contributed by atoms with Crippen LogP contribution >= 0.6 is 0 Å². The molecule has 0 saturated carbocycles. The lowest BCUT2D eigenvalue weighted by molar-refractivity contribution is -0.125. The minimum atomic E-state index is -0.489. The fourth-order valence-corrected chi connectivity index (χ4v) is 5.52. The molecule has 0 radical (unpaired) electrons. The number of aromatic nitrogens is 5. The summed E-state index contributed by atoms with van der Waals surface area (Å²) in [6.07, 6.45) is 5.85. The van der Waals surface area contributed by atoms with Gasteiger partial charge in [0, 0.05) is 17.3 Å². The van der Waals surface area contributed by atoms with E-state index in [1.54, 1.807) is 15.3 Å². The first-order chi connectivity index (χ1) is 17.1. The number of tetrazole rings is 1. The maximum Gasteiger partial charge on any atom is 0.252 e. The van der Waals surface area contributed by atoms with Crippen LogP contribution in [-0.4, -0.2) is 30.7 Å². The lowest BCUT2D eigenvalue weighted by Gasteiger charge is -2.27. The molecule has 35 heavy (non-hydrogen) atoms. The molecule has 2 atom stereocenters. The summed E-state index contributed by atoms with van der Waals surface area (Å²) >= 11 is 0. The molecule has 2 aromatic carbocycles. The summed E-state index contributed by atoms with van der Waals surface area (Å²) < 4.78 is 3.26. The predicted molar refractivity (Wildman–Crippen MR) is 131 cm³/mol. The minimum absolute atomic E-state index is 0.00221. The van der Waals surface area contributed by atoms with E-state index in [0.29, 0.717) is 12.8 Å². The van der Waals surface area contributed by atoms with Gasteiger partial charge in [0.1, 0.15) is 12.4 Å². The van der Waals surface area contributed by atoms with Gasteiger partial charge < -0.3 is 9.88 Å². The summed E-state index contributed by atoms with van der Waals surface area (Å²) in [5.74, 6) is -0.0785. The van der Waals surface area contributed by atoms with E-state index in [1.165, 1.54) is 17.5 Å². The molecule has 1 aliphatic carbocycles. The molecule has 4 aromatic rings. The Morgan fingerprint density at radius 2 is 1.94 bits per heavy atom. The van der Waals surface area contributed by atoms with Crippen molar-refractivity contribution >= 4 is 5.91 Å². The molecule has 2 aliphatic rings. The number of aryl methyl sites for hydroxylation is 3. The van der Waals surface area contributed by atoms with Crippen molar-refractivity contribution in [3.05, 3.63) is 93.7 Å². The molecule has 0 bridgehead atoms. The first-order valence-electron chi connectivity index (χ1n) is 12.1. The van der Waals surface area contributed by atoms with Crippen molar-refractivity contribution in [3.8, 4) is 16.8 Å². The average Bonchev–Trinajstić information content (AvgIpc) is 3.55. The Balaban J connectivity index is 1.32. The number of benzene rings is 2. The van der Waals surface area contributed by atoms with Gasteiger partial charge in [-0.05, 0) is 84.3 Å². The quantitative estimate of drug-likeness (QED) is 0.497. The Kier molecular flexibility index (Phi) is 5.28. The maximum atomic E-state index is 13.4. The van der Waals surface area contributed by atoms with Gasteiger partial charge in [-0.15, -0.1) is 5.10 Å². The monoisotopic (exact) mass is 466 g/mol. The van der Waals surface area contributed by atoms with E-state index in [4.69, 9.17) is 0 Å². The highest BCUT2D eigenvalue weighted by atomic mass is 16.2. The van der Waals surface area contributed by atoms with Gasteiger partial charge >= 0.3 is 0 Å². The Morgan fingerprint density at radius 1 is 1.06 bits per heavy atom. The van der Waals surface area contributed by atoms with Gasteiger partial charge in [-0.25, -0.2) is 0 Å². The number of hydrogen-bond donors (Lipinski definition) is 1. The van der Waals surface area contributed by atoms with Gasteiger partial charge in [-0.3, -0.25) is 9.59 Å². The van der Waals surface area contributed by atoms with Crippen molar-refractivity contribution in [2.24, 2.45) is 0 Å². The third-order valence-electron chi connectivity index (χ3n) is 7.18. The van der Waals surface area contributed by atoms with Crippen LogP contribution in [0.3, 0.4) is 0 Å². The highest BCUT2D eigenvalue weighted by molar-refractivity contribution is 5.82. The zero-order chi connectivity index (χ0) is 23.9. The smallest absolute Gasteiger partial charge is 0.252 e. The largest absolute Gasteiger partial charge is 0.347 e. The molecule has 6 rings (SSSR count). The summed E-state index contributed by atoms with van der Waals surface area (Å²) in [6, 6.07) is 17.4. The number of rotatable bonds is 4. The zero-order valence-electron chi connectivity index (χ0n) is 19.5. The molecular weight excluding hydrogens is 440 g/mol. The number of fused-ring (bicyclic) bond motifs is 2. The molecule has 1 N–H and O–H groups in total. The van der Waals surface area contributed by atoms with E-state index in [9.17, 15) is 9.59 Å². The van der Waals surface area contributed by atoms with Crippen LogP contribution in [0.4, 0.5) is 0 Å². The molecule has 176 valence electrons. The van der Waals surface area contributed by atoms with Crippen LogP contribution in [0, 0.1) is 6.92 Å². The molecule has 3 heterocycles. The Hall–Kier alpha value is -4.07. The van der Waals surface area contributed by atoms with Gasteiger partial charge in [0.25, 0.3) is 5.56 Å². The van der Waals surface area contributed by atoms with Crippen LogP contribution < -0.4 is 10.9 Å². The lowest BCUT2D eigenvalue weighted by atomic mass is 9.87. The molecule has 8 nitrogen and oxygen atoms in total. The molecule has 0 spiro atoms. The van der Waals surface area contributed by atoms with Crippen molar-refractivity contribution < 1.29 is 4.79 Å². The van der Waals surface area contributed by atoms with Crippen molar-refractivity contribution in [3.63, 3.8) is 0 Å². The number of carbonyl (C=O) groups is 1. The lowest BCUT2D eigenvalue weighted by Crippen LogP contribution is -2.38. The summed E-state index contributed by atoms with van der Waals surface area (Å²) in [5.41, 5.74) is 6.76. The molecule has 1 aliphatic heterocycles. The summed E-state index contributed by atoms with van der Waals surface area (Å²) in [5, 5.41) is 14.8. The highest BCUT2D eigenvalue weighted by Gasteiger charge is 2.32. The fourth-order valence-electron chi connectivity index (χ4n) is 5.52. The molecule has 8 heteroatoms. The topological polar surface area (TPSA) is 94.7 Å². The normalized spacial score (nSPS) is 18.7. The van der Waals surface area contributed by atoms with E-state index < -0.39 is 6.04 Å². The zero-order valence-corrected chi connectivity index (χ0v) is 19.5. The van der Waals surface area contributed by atoms with Gasteiger partial charge in [0.2, 0.25) is 5.91 Å². The third-order valence-corrected chi connectivity index (χ3v) is 7.18. The van der Waals surface area contributed by atoms with Crippen molar-refractivity contribution in [2.75, 3.05) is 0 Å². The number of pyridine rings is 1. The van der Waals surface area contributed by atoms with E-state index in [-0.39, 0.29) is 17.5 Å². The van der Waals surface area contributed by atoms with Crippen molar-refractivity contribution in [1.82, 2.24) is 30.1 Å². The Labute approximate surface area is 202 Å².